The van der Waals surface area contributed by atoms with Gasteiger partial charge in [0, 0.05) is 10.9 Å². The first-order valence-electron chi connectivity index (χ1n) is 8.43. The lowest BCUT2D eigenvalue weighted by atomic mass is 10.1. The number of anilines is 1. The maximum absolute atomic E-state index is 12.7. The molecule has 0 fully saturated rings. The molecule has 1 amide bonds. The Bertz CT molecular complexity index is 1060. The Morgan fingerprint density at radius 3 is 2.70 bits per heavy atom. The standard InChI is InChI=1S/C19H16N6OS/c1-2-13-7-9-14(10-8-13)16-11-27-19(21-16)22-18(26)15-5-3-4-6-17(15)25-12-20-23-24-25/h3-12H,2H2,1H3,(H,21,22,26). The van der Waals surface area contributed by atoms with Crippen molar-refractivity contribution in [3.8, 4) is 16.9 Å². The predicted molar refractivity (Wildman–Crippen MR) is 104 cm³/mol. The van der Waals surface area contributed by atoms with Gasteiger partial charge in [-0.3, -0.25) is 10.1 Å². The zero-order chi connectivity index (χ0) is 18.6. The summed E-state index contributed by atoms with van der Waals surface area (Å²) in [6.45, 7) is 2.12. The molecule has 0 aliphatic heterocycles. The molecule has 0 atom stereocenters. The van der Waals surface area contributed by atoms with E-state index in [1.165, 1.54) is 27.9 Å². The first kappa shape index (κ1) is 17.0. The van der Waals surface area contributed by atoms with Gasteiger partial charge in [-0.05, 0) is 34.5 Å². The number of amides is 1. The van der Waals surface area contributed by atoms with Crippen molar-refractivity contribution in [3.63, 3.8) is 0 Å². The van der Waals surface area contributed by atoms with Crippen molar-refractivity contribution in [2.75, 3.05) is 5.32 Å². The average molecular weight is 376 g/mol. The number of carbonyl (C=O) groups excluding carboxylic acids is 1. The Balaban J connectivity index is 1.55. The smallest absolute Gasteiger partial charge is 0.259 e. The van der Waals surface area contributed by atoms with E-state index in [1.807, 2.05) is 23.6 Å². The molecule has 2 heterocycles. The normalized spacial score (nSPS) is 10.7. The third-order valence-electron chi connectivity index (χ3n) is 4.13. The third-order valence-corrected chi connectivity index (χ3v) is 4.88. The van der Waals surface area contributed by atoms with Gasteiger partial charge in [0.2, 0.25) is 0 Å². The van der Waals surface area contributed by atoms with E-state index in [4.69, 9.17) is 0 Å². The summed E-state index contributed by atoms with van der Waals surface area (Å²) in [6.07, 6.45) is 2.45. The van der Waals surface area contributed by atoms with Gasteiger partial charge in [-0.2, -0.15) is 4.68 Å². The summed E-state index contributed by atoms with van der Waals surface area (Å²) >= 11 is 1.39. The number of nitrogens with one attached hydrogen (secondary N) is 1. The van der Waals surface area contributed by atoms with Crippen LogP contribution in [0.2, 0.25) is 0 Å². The summed E-state index contributed by atoms with van der Waals surface area (Å²) in [5.74, 6) is -0.261. The molecule has 7 nitrogen and oxygen atoms in total. The highest BCUT2D eigenvalue weighted by molar-refractivity contribution is 7.14. The van der Waals surface area contributed by atoms with Crippen LogP contribution in [0.4, 0.5) is 5.13 Å². The van der Waals surface area contributed by atoms with E-state index in [0.29, 0.717) is 16.4 Å². The van der Waals surface area contributed by atoms with Crippen LogP contribution in [0.15, 0.2) is 60.2 Å². The summed E-state index contributed by atoms with van der Waals surface area (Å²) in [4.78, 5) is 17.3. The van der Waals surface area contributed by atoms with E-state index >= 15 is 0 Å². The minimum absolute atomic E-state index is 0.261. The monoisotopic (exact) mass is 376 g/mol. The Morgan fingerprint density at radius 1 is 1.15 bits per heavy atom. The van der Waals surface area contributed by atoms with Gasteiger partial charge in [-0.25, -0.2) is 4.98 Å². The highest BCUT2D eigenvalue weighted by atomic mass is 32.1. The fourth-order valence-electron chi connectivity index (χ4n) is 2.68. The van der Waals surface area contributed by atoms with Gasteiger partial charge in [0.1, 0.15) is 6.33 Å². The minimum Gasteiger partial charge on any atom is -0.298 e. The zero-order valence-electron chi connectivity index (χ0n) is 14.5. The molecule has 2 aromatic heterocycles. The van der Waals surface area contributed by atoms with E-state index < -0.39 is 0 Å². The molecule has 2 aromatic carbocycles. The zero-order valence-corrected chi connectivity index (χ0v) is 15.3. The fraction of sp³-hybridized carbons (Fsp3) is 0.105. The van der Waals surface area contributed by atoms with Crippen LogP contribution in [0.3, 0.4) is 0 Å². The van der Waals surface area contributed by atoms with Crippen molar-refractivity contribution >= 4 is 22.4 Å². The largest absolute Gasteiger partial charge is 0.298 e. The van der Waals surface area contributed by atoms with Crippen LogP contribution >= 0.6 is 11.3 Å². The molecule has 0 saturated carbocycles. The number of thiazole rings is 1. The van der Waals surface area contributed by atoms with Gasteiger partial charge < -0.3 is 0 Å². The van der Waals surface area contributed by atoms with Gasteiger partial charge in [0.15, 0.2) is 5.13 Å². The van der Waals surface area contributed by atoms with E-state index in [1.54, 1.807) is 18.2 Å². The van der Waals surface area contributed by atoms with Gasteiger partial charge in [-0.1, -0.05) is 43.3 Å². The highest BCUT2D eigenvalue weighted by Gasteiger charge is 2.15. The van der Waals surface area contributed by atoms with Crippen LogP contribution in [0, 0.1) is 0 Å². The lowest BCUT2D eigenvalue weighted by Gasteiger charge is -2.07. The summed E-state index contributed by atoms with van der Waals surface area (Å²) in [5, 5.41) is 16.4. The summed E-state index contributed by atoms with van der Waals surface area (Å²) in [7, 11) is 0. The summed E-state index contributed by atoms with van der Waals surface area (Å²) in [6, 6.07) is 15.4. The number of hydrogen-bond donors (Lipinski definition) is 1. The van der Waals surface area contributed by atoms with Crippen LogP contribution in [0.1, 0.15) is 22.8 Å². The number of hydrogen-bond acceptors (Lipinski definition) is 6. The van der Waals surface area contributed by atoms with Crippen molar-refractivity contribution in [2.24, 2.45) is 0 Å². The first-order chi connectivity index (χ1) is 13.2. The van der Waals surface area contributed by atoms with Gasteiger partial charge in [0.05, 0.1) is 16.9 Å². The molecule has 134 valence electrons. The Hall–Kier alpha value is -3.39. The third kappa shape index (κ3) is 3.61. The molecule has 0 bridgehead atoms. The molecule has 4 aromatic rings. The Kier molecular flexibility index (Phi) is 4.71. The minimum atomic E-state index is -0.261. The number of aromatic nitrogens is 5. The second-order valence-electron chi connectivity index (χ2n) is 5.81. The first-order valence-corrected chi connectivity index (χ1v) is 9.31. The molecule has 0 aliphatic rings. The van der Waals surface area contributed by atoms with E-state index in [0.717, 1.165) is 17.7 Å². The lowest BCUT2D eigenvalue weighted by Crippen LogP contribution is -2.15. The van der Waals surface area contributed by atoms with Crippen molar-refractivity contribution in [2.45, 2.75) is 13.3 Å². The number of nitrogens with zero attached hydrogens (tertiary/aromatic N) is 5. The highest BCUT2D eigenvalue weighted by Crippen LogP contribution is 2.26. The van der Waals surface area contributed by atoms with Crippen molar-refractivity contribution < 1.29 is 4.79 Å². The molecule has 8 heteroatoms. The number of para-hydroxylation sites is 1. The van der Waals surface area contributed by atoms with Crippen LogP contribution in [0.5, 0.6) is 0 Å². The molecule has 4 rings (SSSR count). The maximum atomic E-state index is 12.7. The topological polar surface area (TPSA) is 85.6 Å². The van der Waals surface area contributed by atoms with Crippen LogP contribution in [-0.4, -0.2) is 31.1 Å². The van der Waals surface area contributed by atoms with Crippen molar-refractivity contribution in [1.29, 1.82) is 0 Å². The van der Waals surface area contributed by atoms with Crippen molar-refractivity contribution in [3.05, 3.63) is 71.4 Å². The Morgan fingerprint density at radius 2 is 1.96 bits per heavy atom. The van der Waals surface area contributed by atoms with Crippen LogP contribution in [0.25, 0.3) is 16.9 Å². The number of tetrazole rings is 1. The van der Waals surface area contributed by atoms with E-state index in [9.17, 15) is 4.79 Å². The Labute approximate surface area is 159 Å². The lowest BCUT2D eigenvalue weighted by molar-refractivity contribution is 0.102. The van der Waals surface area contributed by atoms with Crippen molar-refractivity contribution in [1.82, 2.24) is 25.2 Å². The molecule has 0 saturated heterocycles. The number of aryl methyl sites for hydroxylation is 1. The molecule has 27 heavy (non-hydrogen) atoms. The number of rotatable bonds is 5. The van der Waals surface area contributed by atoms with Crippen LogP contribution in [-0.2, 0) is 6.42 Å². The quantitative estimate of drug-likeness (QED) is 0.575. The number of benzene rings is 2. The van der Waals surface area contributed by atoms with E-state index in [2.05, 4.69) is 44.9 Å². The summed E-state index contributed by atoms with van der Waals surface area (Å²) < 4.78 is 1.46. The van der Waals surface area contributed by atoms with Crippen LogP contribution < -0.4 is 5.32 Å². The van der Waals surface area contributed by atoms with E-state index in [-0.39, 0.29) is 5.91 Å². The molecule has 0 unspecified atom stereocenters. The molecule has 0 aliphatic carbocycles. The molecular formula is C19H16N6OS. The summed E-state index contributed by atoms with van der Waals surface area (Å²) in [5.41, 5.74) is 4.22. The van der Waals surface area contributed by atoms with Gasteiger partial charge in [0.25, 0.3) is 5.91 Å². The van der Waals surface area contributed by atoms with Gasteiger partial charge in [-0.15, -0.1) is 16.4 Å². The van der Waals surface area contributed by atoms with Gasteiger partial charge >= 0.3 is 0 Å². The number of carbonyl (C=O) groups is 1. The average Bonchev–Trinajstić information content (AvgIpc) is 3.40. The molecule has 1 N–H and O–H groups in total. The fourth-order valence-corrected chi connectivity index (χ4v) is 3.39. The SMILES string of the molecule is CCc1ccc(-c2csc(NC(=O)c3ccccc3-n3cnnn3)n2)cc1. The second kappa shape index (κ2) is 7.46. The second-order valence-corrected chi connectivity index (χ2v) is 6.67. The maximum Gasteiger partial charge on any atom is 0.259 e. The predicted octanol–water partition coefficient (Wildman–Crippen LogP) is 3.60. The molecular weight excluding hydrogens is 360 g/mol. The molecule has 0 spiro atoms. The molecule has 0 radical (unpaired) electrons.